The highest BCUT2D eigenvalue weighted by atomic mass is 16.7. The molecule has 0 spiro atoms. The number of aliphatic hydroxyl groups is 1. The highest BCUT2D eigenvalue weighted by Gasteiger charge is 2.28. The van der Waals surface area contributed by atoms with E-state index in [2.05, 4.69) is 20.3 Å². The van der Waals surface area contributed by atoms with E-state index in [0.29, 0.717) is 41.3 Å². The van der Waals surface area contributed by atoms with E-state index in [9.17, 15) is 14.7 Å². The first kappa shape index (κ1) is 22.1. The molecule has 5 rings (SSSR count). The largest absolute Gasteiger partial charge is 0.507 e. The van der Waals surface area contributed by atoms with Crippen LogP contribution in [0.5, 0.6) is 0 Å². The molecule has 0 aromatic carbocycles. The van der Waals surface area contributed by atoms with Gasteiger partial charge in [-0.15, -0.1) is 0 Å². The van der Waals surface area contributed by atoms with Crippen LogP contribution in [-0.4, -0.2) is 48.7 Å². The summed E-state index contributed by atoms with van der Waals surface area (Å²) in [7, 11) is 0. The SMILES string of the molecule is O=C(O)OC1CCCN1c1ccc(Nc2ncc3cc(CO)c(=O)n(C4CCCC4)c3n2)nc1. The molecule has 0 amide bonds. The number of fused-ring (bicyclic) bond motifs is 1. The number of aliphatic hydroxyl groups excluding tert-OH is 1. The van der Waals surface area contributed by atoms with Gasteiger partial charge in [0.25, 0.3) is 5.56 Å². The van der Waals surface area contributed by atoms with Crippen LogP contribution in [0.25, 0.3) is 11.0 Å². The molecule has 4 heterocycles. The summed E-state index contributed by atoms with van der Waals surface area (Å²) in [5.74, 6) is 0.823. The van der Waals surface area contributed by atoms with Crippen LogP contribution < -0.4 is 15.8 Å². The predicted octanol–water partition coefficient (Wildman–Crippen LogP) is 3.16. The van der Waals surface area contributed by atoms with Crippen molar-refractivity contribution in [3.8, 4) is 0 Å². The van der Waals surface area contributed by atoms with Crippen molar-refractivity contribution in [2.75, 3.05) is 16.8 Å². The Labute approximate surface area is 195 Å². The number of carboxylic acid groups (broad SMARTS) is 1. The molecule has 1 aliphatic heterocycles. The minimum Gasteiger partial charge on any atom is -0.450 e. The molecule has 1 atom stereocenters. The van der Waals surface area contributed by atoms with Crippen LogP contribution in [0, 0.1) is 0 Å². The molecule has 11 nitrogen and oxygen atoms in total. The number of anilines is 3. The zero-order valence-electron chi connectivity index (χ0n) is 18.6. The molecular formula is C23H26N6O5. The zero-order valence-corrected chi connectivity index (χ0v) is 18.6. The summed E-state index contributed by atoms with van der Waals surface area (Å²) in [6.45, 7) is 0.363. The topological polar surface area (TPSA) is 143 Å². The number of hydrogen-bond acceptors (Lipinski definition) is 9. The molecule has 1 saturated heterocycles. The Bertz CT molecular complexity index is 1260. The summed E-state index contributed by atoms with van der Waals surface area (Å²) < 4.78 is 6.66. The second-order valence-corrected chi connectivity index (χ2v) is 8.61. The van der Waals surface area contributed by atoms with Gasteiger partial charge in [0.2, 0.25) is 5.95 Å². The number of nitrogens with one attached hydrogen (secondary N) is 1. The Balaban J connectivity index is 1.41. The van der Waals surface area contributed by atoms with Gasteiger partial charge in [0.05, 0.1) is 18.5 Å². The van der Waals surface area contributed by atoms with Crippen molar-refractivity contribution in [2.45, 2.75) is 57.4 Å². The molecule has 3 aromatic rings. The molecule has 34 heavy (non-hydrogen) atoms. The fourth-order valence-electron chi connectivity index (χ4n) is 4.87. The summed E-state index contributed by atoms with van der Waals surface area (Å²) in [6.07, 6.45) is 6.88. The van der Waals surface area contributed by atoms with E-state index >= 15 is 0 Å². The van der Waals surface area contributed by atoms with E-state index in [1.807, 2.05) is 11.0 Å². The van der Waals surface area contributed by atoms with E-state index in [0.717, 1.165) is 37.8 Å². The molecule has 1 saturated carbocycles. The maximum atomic E-state index is 13.0. The van der Waals surface area contributed by atoms with Crippen LogP contribution in [0.4, 0.5) is 22.2 Å². The molecule has 2 aliphatic rings. The first-order valence-electron chi connectivity index (χ1n) is 11.4. The maximum absolute atomic E-state index is 13.0. The molecule has 0 radical (unpaired) electrons. The number of nitrogens with zero attached hydrogens (tertiary/aromatic N) is 5. The Morgan fingerprint density at radius 1 is 1.15 bits per heavy atom. The van der Waals surface area contributed by atoms with Crippen molar-refractivity contribution in [2.24, 2.45) is 0 Å². The number of rotatable bonds is 6. The van der Waals surface area contributed by atoms with Crippen molar-refractivity contribution in [3.63, 3.8) is 0 Å². The van der Waals surface area contributed by atoms with Gasteiger partial charge in [-0.25, -0.2) is 14.8 Å². The third-order valence-corrected chi connectivity index (χ3v) is 6.46. The highest BCUT2D eigenvalue weighted by Crippen LogP contribution is 2.31. The fraction of sp³-hybridized carbons (Fsp3) is 0.435. The number of carbonyl (C=O) groups is 1. The zero-order chi connectivity index (χ0) is 23.7. The van der Waals surface area contributed by atoms with E-state index in [1.54, 1.807) is 29.1 Å². The Morgan fingerprint density at radius 3 is 2.68 bits per heavy atom. The number of ether oxygens (including phenoxy) is 1. The summed E-state index contributed by atoms with van der Waals surface area (Å²) >= 11 is 0. The van der Waals surface area contributed by atoms with E-state index in [4.69, 9.17) is 9.84 Å². The van der Waals surface area contributed by atoms with Gasteiger partial charge in [-0.3, -0.25) is 9.36 Å². The molecule has 3 N–H and O–H groups in total. The summed E-state index contributed by atoms with van der Waals surface area (Å²) in [6, 6.07) is 5.30. The Kier molecular flexibility index (Phi) is 6.01. The number of pyridine rings is 2. The van der Waals surface area contributed by atoms with Crippen molar-refractivity contribution < 1.29 is 19.7 Å². The second-order valence-electron chi connectivity index (χ2n) is 8.61. The van der Waals surface area contributed by atoms with Gasteiger partial charge in [-0.1, -0.05) is 12.8 Å². The van der Waals surface area contributed by atoms with Crippen molar-refractivity contribution in [3.05, 3.63) is 46.5 Å². The van der Waals surface area contributed by atoms with Crippen LogP contribution in [-0.2, 0) is 11.3 Å². The van der Waals surface area contributed by atoms with Gasteiger partial charge in [-0.2, -0.15) is 4.98 Å². The minimum atomic E-state index is -1.29. The highest BCUT2D eigenvalue weighted by molar-refractivity contribution is 5.76. The van der Waals surface area contributed by atoms with Crippen molar-refractivity contribution >= 4 is 34.6 Å². The molecular weight excluding hydrogens is 440 g/mol. The van der Waals surface area contributed by atoms with E-state index in [1.165, 1.54) is 0 Å². The molecule has 3 aromatic heterocycles. The maximum Gasteiger partial charge on any atom is 0.507 e. The third-order valence-electron chi connectivity index (χ3n) is 6.46. The van der Waals surface area contributed by atoms with Gasteiger partial charge in [0, 0.05) is 36.2 Å². The van der Waals surface area contributed by atoms with Crippen LogP contribution in [0.2, 0.25) is 0 Å². The summed E-state index contributed by atoms with van der Waals surface area (Å²) in [5, 5.41) is 22.4. The average molecular weight is 466 g/mol. The van der Waals surface area contributed by atoms with Gasteiger partial charge in [-0.05, 0) is 37.5 Å². The standard InChI is InChI=1S/C23H26N6O5/c30-13-15-10-14-11-25-22(27-20(14)29(21(15)31)16-4-1-2-5-16)26-18-8-7-17(12-24-18)28-9-3-6-19(28)34-23(32)33/h7-8,10-12,16,19,30H,1-6,9,13H2,(H,32,33)(H,24,25,26,27). The lowest BCUT2D eigenvalue weighted by molar-refractivity contribution is 0.0558. The lowest BCUT2D eigenvalue weighted by atomic mass is 10.2. The molecule has 1 unspecified atom stereocenters. The first-order valence-corrected chi connectivity index (χ1v) is 11.4. The van der Waals surface area contributed by atoms with Crippen molar-refractivity contribution in [1.82, 2.24) is 19.5 Å². The molecule has 1 aliphatic carbocycles. The molecule has 178 valence electrons. The monoisotopic (exact) mass is 466 g/mol. The quantitative estimate of drug-likeness (QED) is 0.464. The lowest BCUT2D eigenvalue weighted by Crippen LogP contribution is -2.33. The Hall–Kier alpha value is -3.73. The van der Waals surface area contributed by atoms with Crippen LogP contribution in [0.1, 0.15) is 50.1 Å². The Morgan fingerprint density at radius 2 is 1.97 bits per heavy atom. The van der Waals surface area contributed by atoms with Crippen LogP contribution in [0.15, 0.2) is 35.4 Å². The number of aromatic nitrogens is 4. The second kappa shape index (κ2) is 9.26. The average Bonchev–Trinajstić information content (AvgIpc) is 3.51. The van der Waals surface area contributed by atoms with Crippen LogP contribution in [0.3, 0.4) is 0 Å². The molecule has 2 fully saturated rings. The number of hydrogen-bond donors (Lipinski definition) is 3. The summed E-state index contributed by atoms with van der Waals surface area (Å²) in [4.78, 5) is 39.2. The van der Waals surface area contributed by atoms with E-state index in [-0.39, 0.29) is 18.2 Å². The van der Waals surface area contributed by atoms with Gasteiger partial charge in [0.1, 0.15) is 11.5 Å². The smallest absolute Gasteiger partial charge is 0.450 e. The first-order chi connectivity index (χ1) is 16.5. The summed E-state index contributed by atoms with van der Waals surface area (Å²) in [5.41, 5.74) is 1.43. The van der Waals surface area contributed by atoms with Crippen LogP contribution >= 0.6 is 0 Å². The lowest BCUT2D eigenvalue weighted by Gasteiger charge is -2.25. The fourth-order valence-corrected chi connectivity index (χ4v) is 4.87. The normalized spacial score (nSPS) is 18.5. The third kappa shape index (κ3) is 4.26. The van der Waals surface area contributed by atoms with Gasteiger partial charge >= 0.3 is 6.16 Å². The predicted molar refractivity (Wildman–Crippen MR) is 124 cm³/mol. The van der Waals surface area contributed by atoms with Crippen molar-refractivity contribution in [1.29, 1.82) is 0 Å². The van der Waals surface area contributed by atoms with E-state index < -0.39 is 12.4 Å². The molecule has 11 heteroatoms. The van der Waals surface area contributed by atoms with Gasteiger partial charge in [0.15, 0.2) is 6.23 Å². The molecule has 0 bridgehead atoms. The minimum absolute atomic E-state index is 0.0584. The van der Waals surface area contributed by atoms with Gasteiger partial charge < -0.3 is 25.2 Å².